The average molecular weight is 474 g/mol. The lowest BCUT2D eigenvalue weighted by molar-refractivity contribution is 0.0698. The molecule has 2 heterocycles. The molecule has 1 unspecified atom stereocenters. The van der Waals surface area contributed by atoms with Crippen LogP contribution in [0.2, 0.25) is 0 Å². The third kappa shape index (κ3) is 5.36. The van der Waals surface area contributed by atoms with Gasteiger partial charge in [0.15, 0.2) is 11.5 Å². The summed E-state index contributed by atoms with van der Waals surface area (Å²) in [6.45, 7) is 9.05. The maximum Gasteiger partial charge on any atom is 0.337 e. The van der Waals surface area contributed by atoms with Crippen LogP contribution in [-0.2, 0) is 4.74 Å². The second-order valence-corrected chi connectivity index (χ2v) is 9.04. The molecule has 2 aromatic carbocycles. The minimum atomic E-state index is -0.983. The van der Waals surface area contributed by atoms with E-state index >= 15 is 0 Å². The number of fused-ring (bicyclic) bond motifs is 1. The number of rotatable bonds is 8. The molecule has 8 heteroatoms. The Morgan fingerprint density at radius 3 is 2.71 bits per heavy atom. The topological polar surface area (TPSA) is 111 Å². The Bertz CT molecular complexity index is 1260. The molecule has 1 aliphatic heterocycles. The summed E-state index contributed by atoms with van der Waals surface area (Å²) in [5, 5.41) is 22.7. The number of hydrogen-bond donors (Lipinski definition) is 2. The Hall–Kier alpha value is -3.70. The number of carbonyl (C=O) groups is 1. The molecule has 1 fully saturated rings. The number of anilines is 2. The van der Waals surface area contributed by atoms with Crippen LogP contribution in [0.4, 0.5) is 11.5 Å². The Morgan fingerprint density at radius 1 is 1.29 bits per heavy atom. The van der Waals surface area contributed by atoms with E-state index in [1.54, 1.807) is 18.2 Å². The molecule has 1 aliphatic rings. The monoisotopic (exact) mass is 473 g/mol. The smallest absolute Gasteiger partial charge is 0.337 e. The number of piperidine rings is 1. The highest BCUT2D eigenvalue weighted by Gasteiger charge is 2.25. The van der Waals surface area contributed by atoms with Gasteiger partial charge in [0.25, 0.3) is 0 Å². The van der Waals surface area contributed by atoms with Gasteiger partial charge in [-0.3, -0.25) is 0 Å². The predicted molar refractivity (Wildman–Crippen MR) is 136 cm³/mol. The minimum absolute atomic E-state index is 0.213. The van der Waals surface area contributed by atoms with Gasteiger partial charge >= 0.3 is 5.97 Å². The average Bonchev–Trinajstić information content (AvgIpc) is 2.86. The van der Waals surface area contributed by atoms with Crippen LogP contribution in [0, 0.1) is 24.2 Å². The maximum atomic E-state index is 11.7. The summed E-state index contributed by atoms with van der Waals surface area (Å²) in [6, 6.07) is 12.8. The van der Waals surface area contributed by atoms with E-state index < -0.39 is 5.97 Å². The Morgan fingerprint density at radius 2 is 2.03 bits per heavy atom. The first-order valence-corrected chi connectivity index (χ1v) is 12.0. The van der Waals surface area contributed by atoms with Crippen LogP contribution in [0.5, 0.6) is 0 Å². The van der Waals surface area contributed by atoms with Crippen molar-refractivity contribution in [2.45, 2.75) is 39.7 Å². The highest BCUT2D eigenvalue weighted by atomic mass is 16.5. The fourth-order valence-electron chi connectivity index (χ4n) is 4.65. The molecular weight excluding hydrogens is 442 g/mol. The molecule has 1 saturated heterocycles. The maximum absolute atomic E-state index is 11.7. The molecule has 1 aromatic heterocycles. The highest BCUT2D eigenvalue weighted by molar-refractivity contribution is 5.94. The molecule has 2 N–H and O–H groups in total. The number of benzene rings is 2. The van der Waals surface area contributed by atoms with Crippen LogP contribution < -0.4 is 10.2 Å². The van der Waals surface area contributed by atoms with Crippen molar-refractivity contribution in [3.63, 3.8) is 0 Å². The molecule has 0 amide bonds. The van der Waals surface area contributed by atoms with E-state index in [1.807, 2.05) is 39.0 Å². The van der Waals surface area contributed by atoms with Crippen molar-refractivity contribution >= 4 is 28.5 Å². The van der Waals surface area contributed by atoms with E-state index in [0.717, 1.165) is 50.3 Å². The fourth-order valence-corrected chi connectivity index (χ4v) is 4.65. The van der Waals surface area contributed by atoms with Crippen molar-refractivity contribution in [3.8, 4) is 6.07 Å². The number of ether oxygens (including phenoxy) is 1. The van der Waals surface area contributed by atoms with Crippen molar-refractivity contribution in [2.75, 3.05) is 36.5 Å². The number of nitrogens with zero attached hydrogens (tertiary/aromatic N) is 4. The van der Waals surface area contributed by atoms with Gasteiger partial charge in [-0.1, -0.05) is 18.2 Å². The van der Waals surface area contributed by atoms with E-state index in [4.69, 9.17) is 9.72 Å². The number of aromatic nitrogens is 2. The van der Waals surface area contributed by atoms with Gasteiger partial charge in [-0.2, -0.15) is 5.26 Å². The number of carboxylic acid groups (broad SMARTS) is 1. The second-order valence-electron chi connectivity index (χ2n) is 9.04. The van der Waals surface area contributed by atoms with E-state index in [2.05, 4.69) is 21.3 Å². The summed E-state index contributed by atoms with van der Waals surface area (Å²) in [5.41, 5.74) is 4.36. The van der Waals surface area contributed by atoms with Gasteiger partial charge in [0.2, 0.25) is 0 Å². The molecule has 0 bridgehead atoms. The quantitative estimate of drug-likeness (QED) is 0.473. The normalized spacial score (nSPS) is 15.1. The van der Waals surface area contributed by atoms with Crippen LogP contribution in [0.25, 0.3) is 11.0 Å². The lowest BCUT2D eigenvalue weighted by Crippen LogP contribution is -2.36. The zero-order chi connectivity index (χ0) is 24.9. The Kier molecular flexibility index (Phi) is 7.47. The predicted octanol–water partition coefficient (Wildman–Crippen LogP) is 4.93. The number of para-hydroxylation sites is 1. The van der Waals surface area contributed by atoms with Gasteiger partial charge in [0, 0.05) is 37.6 Å². The molecule has 4 rings (SSSR count). The van der Waals surface area contributed by atoms with Crippen molar-refractivity contribution < 1.29 is 14.6 Å². The van der Waals surface area contributed by atoms with Crippen LogP contribution in [0.15, 0.2) is 36.4 Å². The lowest BCUT2D eigenvalue weighted by atomic mass is 9.97. The third-order valence-corrected chi connectivity index (χ3v) is 6.50. The molecule has 0 spiro atoms. The first kappa shape index (κ1) is 24.4. The largest absolute Gasteiger partial charge is 0.478 e. The first-order valence-electron chi connectivity index (χ1n) is 12.0. The minimum Gasteiger partial charge on any atom is -0.478 e. The van der Waals surface area contributed by atoms with E-state index in [1.165, 1.54) is 0 Å². The number of carboxylic acids is 1. The van der Waals surface area contributed by atoms with E-state index in [-0.39, 0.29) is 11.6 Å². The number of aromatic carboxylic acids is 1. The Labute approximate surface area is 205 Å². The SMILES string of the molecule is CCOCC1CCN(c2nc3c(C(C)Nc4ccccc4C(=O)O)cc(C)cc3nc2C#N)CC1. The first-order chi connectivity index (χ1) is 16.9. The van der Waals surface area contributed by atoms with E-state index in [9.17, 15) is 15.2 Å². The second kappa shape index (κ2) is 10.7. The zero-order valence-corrected chi connectivity index (χ0v) is 20.4. The van der Waals surface area contributed by atoms with Gasteiger partial charge < -0.3 is 20.1 Å². The molecular formula is C27H31N5O3. The van der Waals surface area contributed by atoms with E-state index in [0.29, 0.717) is 34.2 Å². The highest BCUT2D eigenvalue weighted by Crippen LogP contribution is 2.31. The lowest BCUT2D eigenvalue weighted by Gasteiger charge is -2.33. The van der Waals surface area contributed by atoms with Crippen LogP contribution in [-0.4, -0.2) is 47.3 Å². The fraction of sp³-hybridized carbons (Fsp3) is 0.407. The number of aryl methyl sites for hydroxylation is 1. The Balaban J connectivity index is 1.69. The number of nitrogens with one attached hydrogen (secondary N) is 1. The van der Waals surface area contributed by atoms with Crippen LogP contribution in [0.3, 0.4) is 0 Å². The molecule has 0 radical (unpaired) electrons. The zero-order valence-electron chi connectivity index (χ0n) is 20.4. The van der Waals surface area contributed by atoms with Gasteiger partial charge in [-0.25, -0.2) is 14.8 Å². The van der Waals surface area contributed by atoms with Crippen molar-refractivity contribution in [3.05, 3.63) is 58.8 Å². The molecule has 0 saturated carbocycles. The molecule has 1 atom stereocenters. The molecule has 182 valence electrons. The van der Waals surface area contributed by atoms with Crippen molar-refractivity contribution in [1.82, 2.24) is 9.97 Å². The molecule has 35 heavy (non-hydrogen) atoms. The number of nitriles is 1. The summed E-state index contributed by atoms with van der Waals surface area (Å²) >= 11 is 0. The van der Waals surface area contributed by atoms with Gasteiger partial charge in [0.05, 0.1) is 22.6 Å². The molecule has 3 aromatic rings. The van der Waals surface area contributed by atoms with Crippen molar-refractivity contribution in [2.24, 2.45) is 5.92 Å². The van der Waals surface area contributed by atoms with Gasteiger partial charge in [0.1, 0.15) is 6.07 Å². The third-order valence-electron chi connectivity index (χ3n) is 6.50. The summed E-state index contributed by atoms with van der Waals surface area (Å²) in [6.07, 6.45) is 1.96. The molecule has 8 nitrogen and oxygen atoms in total. The van der Waals surface area contributed by atoms with Gasteiger partial charge in [-0.05, 0) is 63.3 Å². The summed E-state index contributed by atoms with van der Waals surface area (Å²) < 4.78 is 5.60. The van der Waals surface area contributed by atoms with Crippen LogP contribution in [0.1, 0.15) is 59.9 Å². The standard InChI is InChI=1S/C27H31N5O3/c1-4-35-16-19-9-11-32(12-10-19)26-24(15-28)30-23-14-17(2)13-21(25(23)31-26)18(3)29-22-8-6-5-7-20(22)27(33)34/h5-8,13-14,18-19,29H,4,9-12,16H2,1-3H3,(H,33,34). The van der Waals surface area contributed by atoms with Gasteiger partial charge in [-0.15, -0.1) is 0 Å². The van der Waals surface area contributed by atoms with Crippen molar-refractivity contribution in [1.29, 1.82) is 5.26 Å². The van der Waals surface area contributed by atoms with Crippen LogP contribution >= 0.6 is 0 Å². The summed E-state index contributed by atoms with van der Waals surface area (Å²) in [7, 11) is 0. The summed E-state index contributed by atoms with van der Waals surface area (Å²) in [5.74, 6) is 0.142. The molecule has 0 aliphatic carbocycles. The summed E-state index contributed by atoms with van der Waals surface area (Å²) in [4.78, 5) is 23.5. The number of hydrogen-bond acceptors (Lipinski definition) is 7.